The fraction of sp³-hybridized carbons (Fsp3) is 0.208. The van der Waals surface area contributed by atoms with Gasteiger partial charge in [-0.25, -0.2) is 12.8 Å². The van der Waals surface area contributed by atoms with Gasteiger partial charge in [-0.1, -0.05) is 29.8 Å². The predicted molar refractivity (Wildman–Crippen MR) is 129 cm³/mol. The van der Waals surface area contributed by atoms with E-state index in [0.717, 1.165) is 42.0 Å². The Morgan fingerprint density at radius 1 is 1.00 bits per heavy atom. The third-order valence-electron chi connectivity index (χ3n) is 5.43. The summed E-state index contributed by atoms with van der Waals surface area (Å²) in [6, 6.07) is 18.7. The van der Waals surface area contributed by atoms with Crippen LogP contribution in [0, 0.1) is 5.82 Å². The second-order valence-corrected chi connectivity index (χ2v) is 9.98. The number of anilines is 3. The average Bonchev–Trinajstić information content (AvgIpc) is 3.35. The summed E-state index contributed by atoms with van der Waals surface area (Å²) >= 11 is 5.89. The van der Waals surface area contributed by atoms with E-state index in [4.69, 9.17) is 11.6 Å². The van der Waals surface area contributed by atoms with Crippen molar-refractivity contribution in [1.82, 2.24) is 0 Å². The summed E-state index contributed by atoms with van der Waals surface area (Å²) in [6.07, 6.45) is 2.33. The summed E-state index contributed by atoms with van der Waals surface area (Å²) in [5.41, 5.74) is 1.72. The summed E-state index contributed by atoms with van der Waals surface area (Å²) in [5.74, 6) is -1.22. The standard InChI is InChI=1S/C24H23ClFN3O3S/c25-22-16-20(12-13-23(22)26)29(33(31,32)21-6-2-1-3-7-21)17-24(30)27-18-8-10-19(11-9-18)28-14-4-5-15-28/h1-3,6-13,16H,4-5,14-15,17H2,(H,27,30). The quantitative estimate of drug-likeness (QED) is 0.514. The molecule has 0 aromatic heterocycles. The number of hydrogen-bond acceptors (Lipinski definition) is 4. The molecule has 1 N–H and O–H groups in total. The molecule has 1 saturated heterocycles. The molecule has 3 aromatic rings. The summed E-state index contributed by atoms with van der Waals surface area (Å²) < 4.78 is 41.2. The summed E-state index contributed by atoms with van der Waals surface area (Å²) in [6.45, 7) is 1.52. The molecule has 172 valence electrons. The van der Waals surface area contributed by atoms with Crippen LogP contribution in [0.2, 0.25) is 5.02 Å². The second-order valence-electron chi connectivity index (χ2n) is 7.71. The van der Waals surface area contributed by atoms with Crippen molar-refractivity contribution in [3.05, 3.63) is 83.6 Å². The first-order chi connectivity index (χ1) is 15.8. The van der Waals surface area contributed by atoms with Crippen LogP contribution in [0.5, 0.6) is 0 Å². The minimum atomic E-state index is -4.10. The highest BCUT2D eigenvalue weighted by atomic mass is 35.5. The van der Waals surface area contributed by atoms with E-state index in [1.165, 1.54) is 24.3 Å². The van der Waals surface area contributed by atoms with Crippen LogP contribution in [-0.2, 0) is 14.8 Å². The molecule has 4 rings (SSSR count). The maximum Gasteiger partial charge on any atom is 0.264 e. The van der Waals surface area contributed by atoms with E-state index in [2.05, 4.69) is 10.2 Å². The Morgan fingerprint density at radius 3 is 2.30 bits per heavy atom. The molecule has 6 nitrogen and oxygen atoms in total. The Bertz CT molecular complexity index is 1230. The molecule has 1 aliphatic heterocycles. The number of nitrogens with zero attached hydrogens (tertiary/aromatic N) is 2. The number of amides is 1. The summed E-state index contributed by atoms with van der Waals surface area (Å²) in [7, 11) is -4.10. The molecule has 0 spiro atoms. The molecule has 33 heavy (non-hydrogen) atoms. The van der Waals surface area contributed by atoms with Gasteiger partial charge in [-0.05, 0) is 67.4 Å². The van der Waals surface area contributed by atoms with Crippen molar-refractivity contribution in [3.8, 4) is 0 Å². The van der Waals surface area contributed by atoms with Crippen molar-refractivity contribution in [3.63, 3.8) is 0 Å². The highest BCUT2D eigenvalue weighted by Gasteiger charge is 2.27. The fourth-order valence-corrected chi connectivity index (χ4v) is 5.35. The molecule has 0 atom stereocenters. The highest BCUT2D eigenvalue weighted by Crippen LogP contribution is 2.28. The molecule has 0 aliphatic carbocycles. The third kappa shape index (κ3) is 5.29. The molecular weight excluding hydrogens is 465 g/mol. The number of halogens is 2. The number of hydrogen-bond donors (Lipinski definition) is 1. The van der Waals surface area contributed by atoms with Gasteiger partial charge in [0.05, 0.1) is 15.6 Å². The van der Waals surface area contributed by atoms with Crippen molar-refractivity contribution in [2.75, 3.05) is 34.2 Å². The van der Waals surface area contributed by atoms with Gasteiger partial charge >= 0.3 is 0 Å². The molecular formula is C24H23ClFN3O3S. The Labute approximate surface area is 197 Å². The minimum Gasteiger partial charge on any atom is -0.372 e. The Kier molecular flexibility index (Phi) is 6.85. The number of benzene rings is 3. The molecule has 1 heterocycles. The normalized spacial score (nSPS) is 13.7. The number of carbonyl (C=O) groups is 1. The van der Waals surface area contributed by atoms with Gasteiger partial charge in [0, 0.05) is 24.5 Å². The molecule has 1 fully saturated rings. The maximum atomic E-state index is 13.7. The zero-order valence-electron chi connectivity index (χ0n) is 17.7. The van der Waals surface area contributed by atoms with Crippen LogP contribution >= 0.6 is 11.6 Å². The number of sulfonamides is 1. The minimum absolute atomic E-state index is 0.00761. The van der Waals surface area contributed by atoms with E-state index in [9.17, 15) is 17.6 Å². The Balaban J connectivity index is 1.57. The van der Waals surface area contributed by atoms with E-state index >= 15 is 0 Å². The topological polar surface area (TPSA) is 69.7 Å². The summed E-state index contributed by atoms with van der Waals surface area (Å²) in [5, 5.41) is 2.50. The van der Waals surface area contributed by atoms with Crippen molar-refractivity contribution in [2.24, 2.45) is 0 Å². The lowest BCUT2D eigenvalue weighted by molar-refractivity contribution is -0.114. The van der Waals surface area contributed by atoms with Crippen LogP contribution in [0.1, 0.15) is 12.8 Å². The lowest BCUT2D eigenvalue weighted by Crippen LogP contribution is -2.38. The SMILES string of the molecule is O=C(CN(c1ccc(F)c(Cl)c1)S(=O)(=O)c1ccccc1)Nc1ccc(N2CCCC2)cc1. The van der Waals surface area contributed by atoms with E-state index in [0.29, 0.717) is 5.69 Å². The van der Waals surface area contributed by atoms with Gasteiger partial charge in [0.25, 0.3) is 10.0 Å². The van der Waals surface area contributed by atoms with Crippen LogP contribution in [0.25, 0.3) is 0 Å². The zero-order chi connectivity index (χ0) is 23.4. The first-order valence-electron chi connectivity index (χ1n) is 10.5. The van der Waals surface area contributed by atoms with E-state index in [1.54, 1.807) is 30.3 Å². The number of nitrogens with one attached hydrogen (secondary N) is 1. The van der Waals surface area contributed by atoms with Gasteiger partial charge in [0.2, 0.25) is 5.91 Å². The van der Waals surface area contributed by atoms with E-state index < -0.39 is 28.3 Å². The van der Waals surface area contributed by atoms with Crippen molar-refractivity contribution in [1.29, 1.82) is 0 Å². The fourth-order valence-electron chi connectivity index (χ4n) is 3.74. The molecule has 0 radical (unpaired) electrons. The molecule has 3 aromatic carbocycles. The van der Waals surface area contributed by atoms with Crippen LogP contribution < -0.4 is 14.5 Å². The van der Waals surface area contributed by atoms with Crippen LogP contribution in [0.4, 0.5) is 21.5 Å². The molecule has 1 amide bonds. The van der Waals surface area contributed by atoms with Gasteiger partial charge in [-0.3, -0.25) is 9.10 Å². The van der Waals surface area contributed by atoms with Gasteiger partial charge in [0.1, 0.15) is 12.4 Å². The largest absolute Gasteiger partial charge is 0.372 e. The van der Waals surface area contributed by atoms with Crippen LogP contribution in [-0.4, -0.2) is 34.0 Å². The van der Waals surface area contributed by atoms with Crippen molar-refractivity contribution in [2.45, 2.75) is 17.7 Å². The number of carbonyl (C=O) groups excluding carboxylic acids is 1. The highest BCUT2D eigenvalue weighted by molar-refractivity contribution is 7.92. The third-order valence-corrected chi connectivity index (χ3v) is 7.51. The maximum absolute atomic E-state index is 13.7. The zero-order valence-corrected chi connectivity index (χ0v) is 19.3. The predicted octanol–water partition coefficient (Wildman–Crippen LogP) is 4.91. The Morgan fingerprint density at radius 2 is 1.67 bits per heavy atom. The van der Waals surface area contributed by atoms with E-state index in [1.807, 2.05) is 12.1 Å². The molecule has 1 aliphatic rings. The second kappa shape index (κ2) is 9.80. The lowest BCUT2D eigenvalue weighted by atomic mass is 10.2. The first kappa shape index (κ1) is 23.1. The molecule has 0 bridgehead atoms. The van der Waals surface area contributed by atoms with Crippen LogP contribution in [0.3, 0.4) is 0 Å². The van der Waals surface area contributed by atoms with Crippen molar-refractivity contribution < 1.29 is 17.6 Å². The first-order valence-corrected chi connectivity index (χ1v) is 12.3. The van der Waals surface area contributed by atoms with Gasteiger partial charge in [-0.2, -0.15) is 0 Å². The smallest absolute Gasteiger partial charge is 0.264 e. The monoisotopic (exact) mass is 487 g/mol. The van der Waals surface area contributed by atoms with Gasteiger partial charge < -0.3 is 10.2 Å². The van der Waals surface area contributed by atoms with Crippen molar-refractivity contribution >= 4 is 44.6 Å². The van der Waals surface area contributed by atoms with Gasteiger partial charge in [0.15, 0.2) is 0 Å². The molecule has 0 unspecified atom stereocenters. The average molecular weight is 488 g/mol. The summed E-state index contributed by atoms with van der Waals surface area (Å²) in [4.78, 5) is 15.1. The van der Waals surface area contributed by atoms with Crippen LogP contribution in [0.15, 0.2) is 77.7 Å². The van der Waals surface area contributed by atoms with E-state index in [-0.39, 0.29) is 15.6 Å². The molecule has 9 heteroatoms. The Hall–Kier alpha value is -3.10. The number of rotatable bonds is 7. The lowest BCUT2D eigenvalue weighted by Gasteiger charge is -2.24. The molecule has 0 saturated carbocycles. The van der Waals surface area contributed by atoms with Gasteiger partial charge in [-0.15, -0.1) is 0 Å².